The monoisotopic (exact) mass is 620 g/mol. The Labute approximate surface area is 244 Å². The average molecular weight is 621 g/mol. The molecule has 0 bridgehead atoms. The van der Waals surface area contributed by atoms with Crippen molar-refractivity contribution in [1.82, 2.24) is 15.0 Å². The predicted molar refractivity (Wildman–Crippen MR) is 154 cm³/mol. The van der Waals surface area contributed by atoms with Crippen LogP contribution in [0.5, 0.6) is 5.75 Å². The van der Waals surface area contributed by atoms with Crippen LogP contribution in [0.4, 0.5) is 24.5 Å². The van der Waals surface area contributed by atoms with Gasteiger partial charge in [0.15, 0.2) is 5.17 Å². The summed E-state index contributed by atoms with van der Waals surface area (Å²) >= 11 is 1.09. The SMILES string of the molecule is O=C1N=C(Nc2ccc(NS(=O)(=O)C(F)(F)F)cc2)S/C1=C/c1ccc(OCc2cn(CC3CCCCC3)nn2)cc1. The lowest BCUT2D eigenvalue weighted by Gasteiger charge is -2.20. The second-order valence-electron chi connectivity index (χ2n) is 9.88. The first-order valence-corrected chi connectivity index (χ1v) is 15.4. The molecule has 0 unspecified atom stereocenters. The van der Waals surface area contributed by atoms with E-state index in [1.807, 2.05) is 23.0 Å². The first-order valence-electron chi connectivity index (χ1n) is 13.1. The summed E-state index contributed by atoms with van der Waals surface area (Å²) < 4.78 is 69.3. The van der Waals surface area contributed by atoms with Gasteiger partial charge in [-0.3, -0.25) is 14.2 Å². The van der Waals surface area contributed by atoms with Gasteiger partial charge in [0.2, 0.25) is 0 Å². The lowest BCUT2D eigenvalue weighted by molar-refractivity contribution is -0.113. The molecule has 5 rings (SSSR count). The van der Waals surface area contributed by atoms with Crippen molar-refractivity contribution in [3.63, 3.8) is 0 Å². The number of nitrogens with one attached hydrogen (secondary N) is 2. The van der Waals surface area contributed by atoms with Gasteiger partial charge in [-0.05, 0) is 78.6 Å². The number of carbonyl (C=O) groups is 1. The summed E-state index contributed by atoms with van der Waals surface area (Å²) in [6.07, 6.45) is 9.96. The smallest absolute Gasteiger partial charge is 0.487 e. The first-order chi connectivity index (χ1) is 20.0. The highest BCUT2D eigenvalue weighted by Gasteiger charge is 2.46. The molecule has 15 heteroatoms. The molecule has 2 N–H and O–H groups in total. The zero-order valence-corrected chi connectivity index (χ0v) is 23.8. The van der Waals surface area contributed by atoms with Crippen molar-refractivity contribution in [3.05, 3.63) is 70.9 Å². The van der Waals surface area contributed by atoms with Crippen LogP contribution in [0.3, 0.4) is 0 Å². The fraction of sp³-hybridized carbons (Fsp3) is 0.333. The van der Waals surface area contributed by atoms with Gasteiger partial charge in [0, 0.05) is 17.9 Å². The molecule has 1 aliphatic heterocycles. The molecule has 3 aromatic rings. The third kappa shape index (κ3) is 7.70. The van der Waals surface area contributed by atoms with E-state index in [4.69, 9.17) is 4.74 Å². The fourth-order valence-electron chi connectivity index (χ4n) is 4.52. The Kier molecular flexibility index (Phi) is 8.87. The molecular weight excluding hydrogens is 593 g/mol. The molecular formula is C27H27F3N6O4S2. The van der Waals surface area contributed by atoms with Crippen LogP contribution in [0.15, 0.2) is 64.6 Å². The van der Waals surface area contributed by atoms with Crippen LogP contribution in [-0.2, 0) is 28.0 Å². The Balaban J connectivity index is 1.11. The number of thioether (sulfide) groups is 1. The van der Waals surface area contributed by atoms with Crippen molar-refractivity contribution >= 4 is 50.3 Å². The zero-order valence-electron chi connectivity index (χ0n) is 22.2. The van der Waals surface area contributed by atoms with Crippen molar-refractivity contribution in [2.75, 3.05) is 10.0 Å². The molecule has 10 nitrogen and oxygen atoms in total. The van der Waals surface area contributed by atoms with Crippen molar-refractivity contribution in [2.45, 2.75) is 50.8 Å². The number of sulfonamides is 1. The Bertz CT molecular complexity index is 1580. The van der Waals surface area contributed by atoms with Crippen molar-refractivity contribution < 1.29 is 31.1 Å². The minimum atomic E-state index is -5.52. The maximum absolute atomic E-state index is 12.5. The fourth-order valence-corrected chi connectivity index (χ4v) is 5.91. The molecule has 0 saturated heterocycles. The molecule has 2 heterocycles. The molecule has 0 atom stereocenters. The summed E-state index contributed by atoms with van der Waals surface area (Å²) in [4.78, 5) is 16.7. The lowest BCUT2D eigenvalue weighted by atomic mass is 9.89. The summed E-state index contributed by atoms with van der Waals surface area (Å²) in [6, 6.07) is 12.2. The molecule has 2 aliphatic rings. The van der Waals surface area contributed by atoms with E-state index in [0.717, 1.165) is 41.7 Å². The van der Waals surface area contributed by atoms with Crippen LogP contribution in [0, 0.1) is 5.92 Å². The summed E-state index contributed by atoms with van der Waals surface area (Å²) in [5.74, 6) is 0.850. The minimum Gasteiger partial charge on any atom is -0.487 e. The number of carbonyl (C=O) groups excluding carboxylic acids is 1. The first kappa shape index (κ1) is 29.6. The van der Waals surface area contributed by atoms with Gasteiger partial charge in [-0.15, -0.1) is 5.10 Å². The third-order valence-corrected chi connectivity index (χ3v) is 8.65. The summed E-state index contributed by atoms with van der Waals surface area (Å²) in [5, 5.41) is 11.6. The number of aromatic nitrogens is 3. The van der Waals surface area contributed by atoms with Crippen molar-refractivity contribution in [3.8, 4) is 5.75 Å². The van der Waals surface area contributed by atoms with Gasteiger partial charge in [0.1, 0.15) is 18.1 Å². The molecule has 1 aliphatic carbocycles. The highest BCUT2D eigenvalue weighted by Crippen LogP contribution is 2.31. The van der Waals surface area contributed by atoms with E-state index in [0.29, 0.717) is 22.3 Å². The van der Waals surface area contributed by atoms with Gasteiger partial charge in [0.05, 0.1) is 11.1 Å². The Morgan fingerprint density at radius 2 is 1.71 bits per heavy atom. The number of rotatable bonds is 9. The van der Waals surface area contributed by atoms with Crippen molar-refractivity contribution in [1.29, 1.82) is 0 Å². The largest absolute Gasteiger partial charge is 0.516 e. The number of aliphatic imine (C=N–C) groups is 1. The molecule has 1 fully saturated rings. The summed E-state index contributed by atoms with van der Waals surface area (Å²) in [7, 11) is -5.52. The van der Waals surface area contributed by atoms with Crippen LogP contribution < -0.4 is 14.8 Å². The maximum Gasteiger partial charge on any atom is 0.516 e. The van der Waals surface area contributed by atoms with E-state index in [2.05, 4.69) is 20.6 Å². The second kappa shape index (κ2) is 12.6. The van der Waals surface area contributed by atoms with Gasteiger partial charge in [-0.1, -0.05) is 36.6 Å². The van der Waals surface area contributed by atoms with E-state index >= 15 is 0 Å². The molecule has 2 aromatic carbocycles. The lowest BCUT2D eigenvalue weighted by Crippen LogP contribution is -2.29. The molecule has 0 spiro atoms. The van der Waals surface area contributed by atoms with E-state index in [9.17, 15) is 26.4 Å². The summed E-state index contributed by atoms with van der Waals surface area (Å²) in [5.41, 5.74) is -3.77. The molecule has 1 saturated carbocycles. The van der Waals surface area contributed by atoms with E-state index in [-0.39, 0.29) is 17.5 Å². The molecule has 1 amide bonds. The summed E-state index contributed by atoms with van der Waals surface area (Å²) in [6.45, 7) is 1.17. The van der Waals surface area contributed by atoms with Crippen LogP contribution in [0.2, 0.25) is 0 Å². The van der Waals surface area contributed by atoms with E-state index in [1.54, 1.807) is 18.2 Å². The van der Waals surface area contributed by atoms with Gasteiger partial charge >= 0.3 is 15.5 Å². The normalized spacial score (nSPS) is 17.4. The standard InChI is InChI=1S/C27H27F3N6O4S2/c28-27(29,30)42(38,39)34-21-10-8-20(9-11-21)31-26-32-25(37)24(41-26)14-18-6-12-23(13-7-18)40-17-22-16-36(35-33-22)15-19-4-2-1-3-5-19/h6-14,16,19,34H,1-5,15,17H2,(H,31,32,37)/b24-14+. The number of amidine groups is 1. The second-order valence-corrected chi connectivity index (χ2v) is 12.6. The highest BCUT2D eigenvalue weighted by atomic mass is 32.2. The number of hydrogen-bond donors (Lipinski definition) is 2. The van der Waals surface area contributed by atoms with Gasteiger partial charge in [0.25, 0.3) is 5.91 Å². The zero-order chi connectivity index (χ0) is 29.7. The Morgan fingerprint density at radius 1 is 1.02 bits per heavy atom. The van der Waals surface area contributed by atoms with Gasteiger partial charge in [-0.2, -0.15) is 26.6 Å². The molecule has 42 heavy (non-hydrogen) atoms. The Hall–Kier alpha value is -3.85. The van der Waals surface area contributed by atoms with Crippen LogP contribution >= 0.6 is 11.8 Å². The van der Waals surface area contributed by atoms with Gasteiger partial charge < -0.3 is 10.1 Å². The van der Waals surface area contributed by atoms with E-state index in [1.165, 1.54) is 49.0 Å². The number of benzene rings is 2. The van der Waals surface area contributed by atoms with E-state index < -0.39 is 21.4 Å². The highest BCUT2D eigenvalue weighted by molar-refractivity contribution is 8.18. The molecule has 1 aromatic heterocycles. The Morgan fingerprint density at radius 3 is 2.40 bits per heavy atom. The van der Waals surface area contributed by atoms with Crippen LogP contribution in [-0.4, -0.2) is 40.0 Å². The topological polar surface area (TPSA) is 128 Å². The predicted octanol–water partition coefficient (Wildman–Crippen LogP) is 5.78. The molecule has 0 radical (unpaired) electrons. The number of alkyl halides is 3. The number of amides is 1. The van der Waals surface area contributed by atoms with Crippen molar-refractivity contribution in [2.24, 2.45) is 10.9 Å². The number of anilines is 2. The van der Waals surface area contributed by atoms with Crippen LogP contribution in [0.25, 0.3) is 6.08 Å². The number of nitrogens with zero attached hydrogens (tertiary/aromatic N) is 4. The third-order valence-electron chi connectivity index (χ3n) is 6.63. The average Bonchev–Trinajstić information content (AvgIpc) is 3.54. The number of hydrogen-bond acceptors (Lipinski definition) is 8. The quantitative estimate of drug-likeness (QED) is 0.288. The minimum absolute atomic E-state index is 0.260. The number of ether oxygens (including phenoxy) is 1. The van der Waals surface area contributed by atoms with Gasteiger partial charge in [-0.25, -0.2) is 0 Å². The molecule has 222 valence electrons. The maximum atomic E-state index is 12.5. The number of halogens is 3. The van der Waals surface area contributed by atoms with Crippen LogP contribution in [0.1, 0.15) is 43.4 Å².